The number of pyridine rings is 1. The van der Waals surface area contributed by atoms with Crippen LogP contribution < -0.4 is 10.6 Å². The molecule has 0 saturated heterocycles. The maximum absolute atomic E-state index is 6.07. The molecule has 0 spiro atoms. The highest BCUT2D eigenvalue weighted by Gasteiger charge is 2.09. The summed E-state index contributed by atoms with van der Waals surface area (Å²) in [6.07, 6.45) is 4.49. The number of aromatic nitrogens is 3. The van der Waals surface area contributed by atoms with E-state index in [1.54, 1.807) is 12.4 Å². The Morgan fingerprint density at radius 1 is 1.08 bits per heavy atom. The van der Waals surface area contributed by atoms with E-state index in [9.17, 15) is 0 Å². The van der Waals surface area contributed by atoms with Gasteiger partial charge in [-0.15, -0.1) is 0 Å². The Balaban J connectivity index is 1.97. The van der Waals surface area contributed by atoms with Gasteiger partial charge in [0.1, 0.15) is 5.82 Å². The van der Waals surface area contributed by atoms with Crippen molar-refractivity contribution < 1.29 is 0 Å². The van der Waals surface area contributed by atoms with Gasteiger partial charge in [0.05, 0.1) is 5.69 Å². The van der Waals surface area contributed by atoms with Crippen LogP contribution in [0.4, 0.5) is 17.5 Å². The number of benzene rings is 1. The van der Waals surface area contributed by atoms with Gasteiger partial charge in [0, 0.05) is 40.8 Å². The lowest BCUT2D eigenvalue weighted by Gasteiger charge is -2.14. The van der Waals surface area contributed by atoms with E-state index < -0.39 is 0 Å². The molecule has 6 heteroatoms. The molecule has 3 aromatic rings. The largest absolute Gasteiger partial charge is 0.352 e. The SMILES string of the molecule is CC[C@@H](C)Nc1nc(Nc2cccc(Cl)c2)cc(-c2ccncc2)n1. The van der Waals surface area contributed by atoms with Gasteiger partial charge in [-0.1, -0.05) is 24.6 Å². The van der Waals surface area contributed by atoms with E-state index in [0.717, 1.165) is 23.4 Å². The summed E-state index contributed by atoms with van der Waals surface area (Å²) in [5, 5.41) is 7.30. The van der Waals surface area contributed by atoms with Crippen molar-refractivity contribution in [2.45, 2.75) is 26.3 Å². The molecule has 5 nitrogen and oxygen atoms in total. The molecule has 0 fully saturated rings. The molecule has 2 N–H and O–H groups in total. The van der Waals surface area contributed by atoms with Crippen LogP contribution in [-0.4, -0.2) is 21.0 Å². The van der Waals surface area contributed by atoms with Gasteiger partial charge >= 0.3 is 0 Å². The Labute approximate surface area is 152 Å². The first-order chi connectivity index (χ1) is 12.1. The lowest BCUT2D eigenvalue weighted by Crippen LogP contribution is -2.16. The number of rotatable bonds is 6. The Bertz CT molecular complexity index is 838. The lowest BCUT2D eigenvalue weighted by molar-refractivity contribution is 0.753. The third-order valence-electron chi connectivity index (χ3n) is 3.79. The molecule has 3 rings (SSSR count). The summed E-state index contributed by atoms with van der Waals surface area (Å²) in [4.78, 5) is 13.3. The highest BCUT2D eigenvalue weighted by Crippen LogP contribution is 2.24. The van der Waals surface area contributed by atoms with Crippen LogP contribution >= 0.6 is 11.6 Å². The molecule has 2 heterocycles. The first-order valence-electron chi connectivity index (χ1n) is 8.22. The van der Waals surface area contributed by atoms with Gasteiger partial charge in [-0.25, -0.2) is 4.98 Å². The summed E-state index contributed by atoms with van der Waals surface area (Å²) in [5.74, 6) is 1.29. The maximum atomic E-state index is 6.07. The third-order valence-corrected chi connectivity index (χ3v) is 4.02. The highest BCUT2D eigenvalue weighted by atomic mass is 35.5. The standard InChI is InChI=1S/C19H20ClN5/c1-3-13(2)22-19-24-17(14-7-9-21-10-8-14)12-18(25-19)23-16-6-4-5-15(20)11-16/h4-13H,3H2,1-2H3,(H2,22,23,24,25)/t13-/m1/s1. The molecule has 1 atom stereocenters. The molecule has 0 aliphatic carbocycles. The first kappa shape index (κ1) is 17.2. The van der Waals surface area contributed by atoms with Crippen LogP contribution in [0.5, 0.6) is 0 Å². The summed E-state index contributed by atoms with van der Waals surface area (Å²) < 4.78 is 0. The number of halogens is 1. The van der Waals surface area contributed by atoms with Crippen molar-refractivity contribution in [3.8, 4) is 11.3 Å². The van der Waals surface area contributed by atoms with Crippen LogP contribution in [0, 0.1) is 0 Å². The summed E-state index contributed by atoms with van der Waals surface area (Å²) in [6.45, 7) is 4.22. The van der Waals surface area contributed by atoms with Crippen molar-refractivity contribution in [3.63, 3.8) is 0 Å². The van der Waals surface area contributed by atoms with E-state index in [0.29, 0.717) is 16.8 Å². The van der Waals surface area contributed by atoms with E-state index in [1.165, 1.54) is 0 Å². The number of hydrogen-bond donors (Lipinski definition) is 2. The van der Waals surface area contributed by atoms with Crippen LogP contribution in [0.25, 0.3) is 11.3 Å². The maximum Gasteiger partial charge on any atom is 0.225 e. The second-order valence-electron chi connectivity index (χ2n) is 5.79. The van der Waals surface area contributed by atoms with Gasteiger partial charge in [0.25, 0.3) is 0 Å². The number of hydrogen-bond acceptors (Lipinski definition) is 5. The van der Waals surface area contributed by atoms with Crippen LogP contribution in [0.3, 0.4) is 0 Å². The predicted molar refractivity (Wildman–Crippen MR) is 103 cm³/mol. The van der Waals surface area contributed by atoms with Crippen molar-refractivity contribution in [1.82, 2.24) is 15.0 Å². The van der Waals surface area contributed by atoms with Crippen molar-refractivity contribution in [1.29, 1.82) is 0 Å². The number of nitrogens with zero attached hydrogens (tertiary/aromatic N) is 3. The molecular weight excluding hydrogens is 334 g/mol. The number of nitrogens with one attached hydrogen (secondary N) is 2. The molecule has 25 heavy (non-hydrogen) atoms. The predicted octanol–water partition coefficient (Wildman–Crippen LogP) is 5.15. The fourth-order valence-corrected chi connectivity index (χ4v) is 2.47. The summed E-state index contributed by atoms with van der Waals surface area (Å²) >= 11 is 6.07. The lowest BCUT2D eigenvalue weighted by atomic mass is 10.2. The Hall–Kier alpha value is -2.66. The second kappa shape index (κ2) is 7.94. The zero-order chi connectivity index (χ0) is 17.6. The summed E-state index contributed by atoms with van der Waals surface area (Å²) in [5.41, 5.74) is 2.69. The topological polar surface area (TPSA) is 62.7 Å². The first-order valence-corrected chi connectivity index (χ1v) is 8.60. The van der Waals surface area contributed by atoms with Crippen molar-refractivity contribution >= 4 is 29.1 Å². The van der Waals surface area contributed by atoms with E-state index in [4.69, 9.17) is 11.6 Å². The Morgan fingerprint density at radius 3 is 2.60 bits per heavy atom. The zero-order valence-corrected chi connectivity index (χ0v) is 15.0. The van der Waals surface area contributed by atoms with Gasteiger partial charge in [-0.2, -0.15) is 4.98 Å². The van der Waals surface area contributed by atoms with Crippen molar-refractivity contribution in [3.05, 3.63) is 59.9 Å². The molecule has 0 radical (unpaired) electrons. The molecular formula is C19H20ClN5. The third kappa shape index (κ3) is 4.67. The normalized spacial score (nSPS) is 11.8. The van der Waals surface area contributed by atoms with Gasteiger partial charge in [0.15, 0.2) is 0 Å². The smallest absolute Gasteiger partial charge is 0.225 e. The molecule has 0 saturated carbocycles. The second-order valence-corrected chi connectivity index (χ2v) is 6.22. The Kier molecular flexibility index (Phi) is 5.46. The summed E-state index contributed by atoms with van der Waals surface area (Å²) in [7, 11) is 0. The molecule has 0 aliphatic heterocycles. The van der Waals surface area contributed by atoms with Gasteiger partial charge in [-0.3, -0.25) is 4.98 Å². The average Bonchev–Trinajstić information content (AvgIpc) is 2.62. The Morgan fingerprint density at radius 2 is 1.88 bits per heavy atom. The quantitative estimate of drug-likeness (QED) is 0.642. The van der Waals surface area contributed by atoms with Crippen LogP contribution in [0.1, 0.15) is 20.3 Å². The van der Waals surface area contributed by atoms with Crippen LogP contribution in [-0.2, 0) is 0 Å². The minimum Gasteiger partial charge on any atom is -0.352 e. The van der Waals surface area contributed by atoms with Crippen molar-refractivity contribution in [2.75, 3.05) is 10.6 Å². The van der Waals surface area contributed by atoms with Crippen molar-refractivity contribution in [2.24, 2.45) is 0 Å². The number of anilines is 3. The van der Waals surface area contributed by atoms with E-state index in [-0.39, 0.29) is 6.04 Å². The molecule has 0 aliphatic rings. The fourth-order valence-electron chi connectivity index (χ4n) is 2.28. The van der Waals surface area contributed by atoms with Gasteiger partial charge in [-0.05, 0) is 43.7 Å². The average molecular weight is 354 g/mol. The fraction of sp³-hybridized carbons (Fsp3) is 0.211. The van der Waals surface area contributed by atoms with E-state index in [1.807, 2.05) is 42.5 Å². The molecule has 128 valence electrons. The molecule has 0 amide bonds. The van der Waals surface area contributed by atoms with Crippen LogP contribution in [0.2, 0.25) is 5.02 Å². The van der Waals surface area contributed by atoms with E-state index >= 15 is 0 Å². The zero-order valence-electron chi connectivity index (χ0n) is 14.2. The summed E-state index contributed by atoms with van der Waals surface area (Å²) in [6, 6.07) is 13.6. The minimum absolute atomic E-state index is 0.284. The monoisotopic (exact) mass is 353 g/mol. The minimum atomic E-state index is 0.284. The van der Waals surface area contributed by atoms with Gasteiger partial charge in [0.2, 0.25) is 5.95 Å². The van der Waals surface area contributed by atoms with Gasteiger partial charge < -0.3 is 10.6 Å². The highest BCUT2D eigenvalue weighted by molar-refractivity contribution is 6.30. The van der Waals surface area contributed by atoms with E-state index in [2.05, 4.69) is 39.4 Å². The molecule has 0 bridgehead atoms. The molecule has 1 aromatic carbocycles. The molecule has 0 unspecified atom stereocenters. The van der Waals surface area contributed by atoms with Crippen LogP contribution in [0.15, 0.2) is 54.9 Å². The molecule has 2 aromatic heterocycles.